The number of nitrogens with one attached hydrogen (secondary N) is 1. The van der Waals surface area contributed by atoms with Crippen molar-refractivity contribution in [1.29, 1.82) is 0 Å². The zero-order chi connectivity index (χ0) is 29.4. The molecular weight excluding hydrogens is 539 g/mol. The van der Waals surface area contributed by atoms with Crippen molar-refractivity contribution in [2.24, 2.45) is 11.7 Å². The Hall–Kier alpha value is -3.74. The van der Waals surface area contributed by atoms with Crippen LogP contribution in [0.4, 0.5) is 13.2 Å². The molecule has 12 heteroatoms. The molecule has 1 aromatic carbocycles. The van der Waals surface area contributed by atoms with E-state index in [0.29, 0.717) is 37.6 Å². The van der Waals surface area contributed by atoms with Gasteiger partial charge >= 0.3 is 6.18 Å². The third kappa shape index (κ3) is 9.13. The molecule has 1 aliphatic heterocycles. The van der Waals surface area contributed by atoms with Gasteiger partial charge in [0.2, 0.25) is 11.8 Å². The van der Waals surface area contributed by atoms with Crippen LogP contribution in [0, 0.1) is 5.92 Å². The highest BCUT2D eigenvalue weighted by atomic mass is 19.4. The number of hydrogen-bond acceptors (Lipinski definition) is 7. The number of primary amides is 1. The van der Waals surface area contributed by atoms with Crippen molar-refractivity contribution in [3.05, 3.63) is 78.3 Å². The molecule has 0 bridgehead atoms. The molecule has 220 valence electrons. The summed E-state index contributed by atoms with van der Waals surface area (Å²) in [5, 5.41) is 12.8. The summed E-state index contributed by atoms with van der Waals surface area (Å²) in [5.41, 5.74) is 7.34. The number of β-amino-alcohol motifs (C(OH)–C–C–N with tert-alkyl or cyclic N) is 1. The molecule has 1 fully saturated rings. The molecule has 1 saturated heterocycles. The van der Waals surface area contributed by atoms with Crippen LogP contribution in [0.3, 0.4) is 0 Å². The van der Waals surface area contributed by atoms with Crippen LogP contribution in [0.5, 0.6) is 0 Å². The number of furan rings is 1. The Balaban J connectivity index is 1.41. The molecule has 0 spiro atoms. The van der Waals surface area contributed by atoms with Crippen LogP contribution in [-0.4, -0.2) is 82.8 Å². The Labute approximate surface area is 236 Å². The molecule has 3 atom stereocenters. The lowest BCUT2D eigenvalue weighted by Gasteiger charge is -2.41. The Kier molecular flexibility index (Phi) is 10.1. The smallest absolute Gasteiger partial charge is 0.405 e. The van der Waals surface area contributed by atoms with Crippen molar-refractivity contribution in [2.75, 3.05) is 32.7 Å². The van der Waals surface area contributed by atoms with Crippen LogP contribution in [0.2, 0.25) is 0 Å². The van der Waals surface area contributed by atoms with Gasteiger partial charge in [0.05, 0.1) is 12.6 Å². The minimum atomic E-state index is -4.56. The molecule has 0 unspecified atom stereocenters. The zero-order valence-electron chi connectivity index (χ0n) is 22.5. The topological polar surface area (TPSA) is 125 Å². The Morgan fingerprint density at radius 1 is 1.10 bits per heavy atom. The molecule has 3 heterocycles. The van der Waals surface area contributed by atoms with Gasteiger partial charge in [-0.05, 0) is 42.7 Å². The normalized spacial score (nSPS) is 18.1. The number of nitrogens with zero attached hydrogens (tertiary/aromatic N) is 3. The fourth-order valence-corrected chi connectivity index (χ4v) is 5.01. The molecule has 2 amide bonds. The van der Waals surface area contributed by atoms with Gasteiger partial charge < -0.3 is 20.6 Å². The Morgan fingerprint density at radius 2 is 1.83 bits per heavy atom. The Morgan fingerprint density at radius 3 is 2.51 bits per heavy atom. The van der Waals surface area contributed by atoms with E-state index < -0.39 is 42.6 Å². The second-order valence-electron chi connectivity index (χ2n) is 10.3. The van der Waals surface area contributed by atoms with Crippen molar-refractivity contribution in [3.8, 4) is 11.3 Å². The number of aliphatic hydroxyl groups is 1. The van der Waals surface area contributed by atoms with E-state index in [-0.39, 0.29) is 19.5 Å². The SMILES string of the molecule is NC(=O)[C@H](Cc1ccncc1)C[C@H](O)CN1CCN(Cc2ccc(-c3ccccc3)o2)C[C@H]1C(=O)NCC(F)(F)F. The van der Waals surface area contributed by atoms with Crippen LogP contribution in [0.25, 0.3) is 11.3 Å². The lowest BCUT2D eigenvalue weighted by Crippen LogP contribution is -2.60. The highest BCUT2D eigenvalue weighted by molar-refractivity contribution is 5.82. The number of aliphatic hydroxyl groups excluding tert-OH is 1. The van der Waals surface area contributed by atoms with Crippen LogP contribution in [-0.2, 0) is 22.6 Å². The highest BCUT2D eigenvalue weighted by Gasteiger charge is 2.36. The van der Waals surface area contributed by atoms with Crippen molar-refractivity contribution >= 4 is 11.8 Å². The number of carbonyl (C=O) groups is 2. The van der Waals surface area contributed by atoms with E-state index in [2.05, 4.69) is 4.98 Å². The second-order valence-corrected chi connectivity index (χ2v) is 10.3. The predicted octanol–water partition coefficient (Wildman–Crippen LogP) is 2.60. The number of halogens is 3. The minimum Gasteiger partial charge on any atom is -0.460 e. The molecule has 0 aliphatic carbocycles. The van der Waals surface area contributed by atoms with Gasteiger partial charge in [-0.1, -0.05) is 30.3 Å². The molecule has 0 radical (unpaired) electrons. The number of pyridine rings is 1. The summed E-state index contributed by atoms with van der Waals surface area (Å²) in [7, 11) is 0. The summed E-state index contributed by atoms with van der Waals surface area (Å²) >= 11 is 0. The first kappa shape index (κ1) is 30.2. The van der Waals surface area contributed by atoms with Gasteiger partial charge in [0.25, 0.3) is 0 Å². The maximum absolute atomic E-state index is 12.9. The summed E-state index contributed by atoms with van der Waals surface area (Å²) in [5.74, 6) is -0.667. The largest absolute Gasteiger partial charge is 0.460 e. The third-order valence-corrected chi connectivity index (χ3v) is 7.08. The lowest BCUT2D eigenvalue weighted by atomic mass is 9.93. The summed E-state index contributed by atoms with van der Waals surface area (Å²) < 4.78 is 44.5. The maximum Gasteiger partial charge on any atom is 0.405 e. The zero-order valence-corrected chi connectivity index (χ0v) is 22.5. The highest BCUT2D eigenvalue weighted by Crippen LogP contribution is 2.24. The second kappa shape index (κ2) is 13.7. The van der Waals surface area contributed by atoms with Gasteiger partial charge in [0.15, 0.2) is 0 Å². The number of nitrogens with two attached hydrogens (primary N) is 1. The quantitative estimate of drug-likeness (QED) is 0.304. The van der Waals surface area contributed by atoms with E-state index in [0.717, 1.165) is 11.1 Å². The average molecular weight is 574 g/mol. The summed E-state index contributed by atoms with van der Waals surface area (Å²) in [6, 6.07) is 15.8. The standard InChI is InChI=1S/C29H34F3N5O4/c30-29(31,32)19-35-28(40)25-18-36(17-24-6-7-26(41-24)21-4-2-1-3-5-21)12-13-37(25)16-23(38)15-22(27(33)39)14-20-8-10-34-11-9-20/h1-11,22-23,25,38H,12-19H2,(H2,33,39)(H,35,40)/t22-,23+,25+/m1/s1. The van der Waals surface area contributed by atoms with Crippen molar-refractivity contribution in [3.63, 3.8) is 0 Å². The molecule has 4 rings (SSSR count). The molecule has 4 N–H and O–H groups in total. The van der Waals surface area contributed by atoms with Crippen LogP contribution in [0.1, 0.15) is 17.7 Å². The molecule has 0 saturated carbocycles. The molecule has 9 nitrogen and oxygen atoms in total. The van der Waals surface area contributed by atoms with Crippen molar-refractivity contribution < 1.29 is 32.3 Å². The number of alkyl halides is 3. The fourth-order valence-electron chi connectivity index (χ4n) is 5.01. The number of amides is 2. The van der Waals surface area contributed by atoms with E-state index in [1.54, 1.807) is 29.4 Å². The lowest BCUT2D eigenvalue weighted by molar-refractivity contribution is -0.143. The summed E-state index contributed by atoms with van der Waals surface area (Å²) in [6.07, 6.45) is -2.04. The van der Waals surface area contributed by atoms with Gasteiger partial charge in [-0.15, -0.1) is 0 Å². The van der Waals surface area contributed by atoms with Crippen molar-refractivity contribution in [2.45, 2.75) is 37.7 Å². The number of carbonyl (C=O) groups excluding carboxylic acids is 2. The van der Waals surface area contributed by atoms with Crippen molar-refractivity contribution in [1.82, 2.24) is 20.1 Å². The first-order valence-corrected chi connectivity index (χ1v) is 13.4. The van der Waals surface area contributed by atoms with Crippen LogP contribution < -0.4 is 11.1 Å². The van der Waals surface area contributed by atoms with Crippen LogP contribution in [0.15, 0.2) is 71.4 Å². The molecular formula is C29H34F3N5O4. The molecule has 41 heavy (non-hydrogen) atoms. The molecule has 1 aliphatic rings. The fraction of sp³-hybridized carbons (Fsp3) is 0.414. The summed E-state index contributed by atoms with van der Waals surface area (Å²) in [4.78, 5) is 32.6. The average Bonchev–Trinajstić information content (AvgIpc) is 3.41. The van der Waals surface area contributed by atoms with Gasteiger partial charge in [0, 0.05) is 50.1 Å². The van der Waals surface area contributed by atoms with Gasteiger partial charge in [-0.3, -0.25) is 24.4 Å². The van der Waals surface area contributed by atoms with E-state index in [4.69, 9.17) is 10.2 Å². The van der Waals surface area contributed by atoms with E-state index in [1.807, 2.05) is 52.7 Å². The number of piperazine rings is 1. The molecule has 2 aromatic heterocycles. The van der Waals surface area contributed by atoms with E-state index in [9.17, 15) is 27.9 Å². The first-order valence-electron chi connectivity index (χ1n) is 13.4. The van der Waals surface area contributed by atoms with Gasteiger partial charge in [-0.25, -0.2) is 0 Å². The van der Waals surface area contributed by atoms with E-state index >= 15 is 0 Å². The number of benzene rings is 1. The number of hydrogen-bond donors (Lipinski definition) is 3. The van der Waals surface area contributed by atoms with Crippen LogP contribution >= 0.6 is 0 Å². The van der Waals surface area contributed by atoms with Gasteiger partial charge in [-0.2, -0.15) is 13.2 Å². The first-order chi connectivity index (χ1) is 19.6. The number of aromatic nitrogens is 1. The maximum atomic E-state index is 12.9. The third-order valence-electron chi connectivity index (χ3n) is 7.08. The monoisotopic (exact) mass is 573 g/mol. The minimum absolute atomic E-state index is 0.00300. The predicted molar refractivity (Wildman–Crippen MR) is 145 cm³/mol. The van der Waals surface area contributed by atoms with E-state index in [1.165, 1.54) is 0 Å². The number of rotatable bonds is 12. The summed E-state index contributed by atoms with van der Waals surface area (Å²) in [6.45, 7) is -0.146. The Bertz CT molecular complexity index is 1270. The van der Waals surface area contributed by atoms with Gasteiger partial charge in [0.1, 0.15) is 24.1 Å². The molecule has 3 aromatic rings.